The topological polar surface area (TPSA) is 79.5 Å². The van der Waals surface area contributed by atoms with Crippen molar-refractivity contribution in [2.45, 2.75) is 33.1 Å². The van der Waals surface area contributed by atoms with Gasteiger partial charge in [-0.05, 0) is 64.7 Å². The average molecular weight is 528 g/mol. The van der Waals surface area contributed by atoms with Crippen LogP contribution in [0.25, 0.3) is 10.8 Å². The summed E-state index contributed by atoms with van der Waals surface area (Å²) in [4.78, 5) is 24.6. The molecule has 3 N–H and O–H groups in total. The van der Waals surface area contributed by atoms with Gasteiger partial charge in [0.1, 0.15) is 5.75 Å². The molecule has 0 saturated carbocycles. The van der Waals surface area contributed by atoms with Crippen LogP contribution in [-0.4, -0.2) is 23.5 Å². The molecular weight excluding hydrogens is 502 g/mol. The lowest BCUT2D eigenvalue weighted by atomic mass is 10.0. The molecule has 0 fully saturated rings. The molecule has 0 heterocycles. The molecule has 0 bridgehead atoms. The van der Waals surface area contributed by atoms with Crippen molar-refractivity contribution in [3.8, 4) is 5.75 Å². The van der Waals surface area contributed by atoms with Gasteiger partial charge >= 0.3 is 0 Å². The van der Waals surface area contributed by atoms with Crippen molar-refractivity contribution in [2.75, 3.05) is 6.61 Å². The molecule has 172 valence electrons. The second-order valence-corrected chi connectivity index (χ2v) is 9.21. The maximum absolute atomic E-state index is 12.3. The van der Waals surface area contributed by atoms with Crippen LogP contribution in [0.15, 0.2) is 59.1 Å². The number of benzene rings is 3. The zero-order valence-electron chi connectivity index (χ0n) is 18.7. The number of fused-ring (bicyclic) bond motifs is 1. The van der Waals surface area contributed by atoms with Gasteiger partial charge in [0.25, 0.3) is 5.91 Å². The van der Waals surface area contributed by atoms with E-state index < -0.39 is 5.91 Å². The third-order valence-electron chi connectivity index (χ3n) is 5.07. The molecule has 0 unspecified atom stereocenters. The summed E-state index contributed by atoms with van der Waals surface area (Å²) >= 11 is 8.63. The zero-order valence-corrected chi connectivity index (χ0v) is 21.1. The summed E-state index contributed by atoms with van der Waals surface area (Å²) in [5, 5.41) is 4.59. The molecule has 8 heteroatoms. The SMILES string of the molecule is Cc1cc(OCC(=O)NC(=S)NNC(=O)Cc2cccc3ccccc23)c(C(C)C)cc1Br. The van der Waals surface area contributed by atoms with Gasteiger partial charge in [0.05, 0.1) is 6.42 Å². The standard InChI is InChI=1S/C25H26BrN3O3S/c1-15(2)20-13-21(26)16(3)11-22(20)32-14-24(31)27-25(33)29-28-23(30)12-18-9-6-8-17-7-4-5-10-19(17)18/h4-11,13,15H,12,14H2,1-3H3,(H,28,30)(H2,27,29,31,33). The molecule has 3 aromatic rings. The Kier molecular flexibility index (Phi) is 8.41. The summed E-state index contributed by atoms with van der Waals surface area (Å²) in [6.45, 7) is 5.88. The number of aryl methyl sites for hydroxylation is 1. The highest BCUT2D eigenvalue weighted by Gasteiger charge is 2.14. The van der Waals surface area contributed by atoms with Gasteiger partial charge in [-0.1, -0.05) is 72.2 Å². The number of hydrogen-bond donors (Lipinski definition) is 3. The first-order chi connectivity index (χ1) is 15.7. The number of carbonyl (C=O) groups is 2. The van der Waals surface area contributed by atoms with Crippen LogP contribution < -0.4 is 20.9 Å². The van der Waals surface area contributed by atoms with Crippen molar-refractivity contribution in [1.82, 2.24) is 16.2 Å². The monoisotopic (exact) mass is 527 g/mol. The lowest BCUT2D eigenvalue weighted by molar-refractivity contribution is -0.122. The molecule has 6 nitrogen and oxygen atoms in total. The molecule has 3 aromatic carbocycles. The Hall–Kier alpha value is -2.97. The number of rotatable bonds is 6. The van der Waals surface area contributed by atoms with Gasteiger partial charge in [-0.2, -0.15) is 0 Å². The fourth-order valence-corrected chi connectivity index (χ4v) is 3.90. The van der Waals surface area contributed by atoms with Crippen molar-refractivity contribution in [1.29, 1.82) is 0 Å². The molecule has 0 spiro atoms. The summed E-state index contributed by atoms with van der Waals surface area (Å²) in [6.07, 6.45) is 0.176. The molecule has 33 heavy (non-hydrogen) atoms. The third-order valence-corrected chi connectivity index (χ3v) is 6.13. The summed E-state index contributed by atoms with van der Waals surface area (Å²) in [5.74, 6) is 0.194. The van der Waals surface area contributed by atoms with Crippen molar-refractivity contribution >= 4 is 55.8 Å². The molecule has 0 atom stereocenters. The van der Waals surface area contributed by atoms with Crippen LogP contribution in [0.2, 0.25) is 0 Å². The fraction of sp³-hybridized carbons (Fsp3) is 0.240. The Morgan fingerprint density at radius 2 is 1.76 bits per heavy atom. The molecule has 0 saturated heterocycles. The van der Waals surface area contributed by atoms with Crippen LogP contribution in [0.4, 0.5) is 0 Å². The van der Waals surface area contributed by atoms with Crippen LogP contribution >= 0.6 is 28.1 Å². The van der Waals surface area contributed by atoms with E-state index in [0.29, 0.717) is 5.75 Å². The van der Waals surface area contributed by atoms with E-state index in [1.165, 1.54) is 0 Å². The maximum atomic E-state index is 12.3. The highest BCUT2D eigenvalue weighted by Crippen LogP contribution is 2.32. The van der Waals surface area contributed by atoms with Crippen LogP contribution in [0.1, 0.15) is 36.5 Å². The Morgan fingerprint density at radius 3 is 2.52 bits per heavy atom. The van der Waals surface area contributed by atoms with E-state index in [1.54, 1.807) is 0 Å². The molecule has 3 rings (SSSR count). The van der Waals surface area contributed by atoms with Crippen molar-refractivity contribution < 1.29 is 14.3 Å². The minimum Gasteiger partial charge on any atom is -0.483 e. The van der Waals surface area contributed by atoms with Crippen LogP contribution in [0.5, 0.6) is 5.75 Å². The molecular formula is C25H26BrN3O3S. The lowest BCUT2D eigenvalue weighted by Gasteiger charge is -2.16. The van der Waals surface area contributed by atoms with E-state index >= 15 is 0 Å². The number of ether oxygens (including phenoxy) is 1. The highest BCUT2D eigenvalue weighted by molar-refractivity contribution is 9.10. The van der Waals surface area contributed by atoms with E-state index in [-0.39, 0.29) is 30.0 Å². The highest BCUT2D eigenvalue weighted by atomic mass is 79.9. The molecule has 0 aliphatic rings. The quantitative estimate of drug-likeness (QED) is 0.320. The van der Waals surface area contributed by atoms with Gasteiger partial charge in [-0.25, -0.2) is 0 Å². The maximum Gasteiger partial charge on any atom is 0.264 e. The van der Waals surface area contributed by atoms with Crippen molar-refractivity contribution in [3.05, 3.63) is 75.8 Å². The molecule has 0 aliphatic heterocycles. The van der Waals surface area contributed by atoms with Crippen molar-refractivity contribution in [3.63, 3.8) is 0 Å². The van der Waals surface area contributed by atoms with E-state index in [1.807, 2.05) is 61.5 Å². The molecule has 0 aliphatic carbocycles. The lowest BCUT2D eigenvalue weighted by Crippen LogP contribution is -2.49. The average Bonchev–Trinajstić information content (AvgIpc) is 2.78. The normalized spacial score (nSPS) is 10.7. The van der Waals surface area contributed by atoms with Gasteiger partial charge in [-0.3, -0.25) is 25.8 Å². The van der Waals surface area contributed by atoms with Gasteiger partial charge in [0.15, 0.2) is 11.7 Å². The largest absolute Gasteiger partial charge is 0.483 e. The first kappa shape index (κ1) is 24.7. The number of hydrazine groups is 1. The van der Waals surface area contributed by atoms with Crippen LogP contribution in [0.3, 0.4) is 0 Å². The Bertz CT molecular complexity index is 1190. The number of carbonyl (C=O) groups excluding carboxylic acids is 2. The van der Waals surface area contributed by atoms with Gasteiger partial charge in [-0.15, -0.1) is 0 Å². The minimum atomic E-state index is -0.425. The summed E-state index contributed by atoms with van der Waals surface area (Å²) < 4.78 is 6.73. The summed E-state index contributed by atoms with van der Waals surface area (Å²) in [6, 6.07) is 17.6. The van der Waals surface area contributed by atoms with Gasteiger partial charge in [0.2, 0.25) is 5.91 Å². The number of hydrogen-bond acceptors (Lipinski definition) is 4. The summed E-state index contributed by atoms with van der Waals surface area (Å²) in [7, 11) is 0. The predicted molar refractivity (Wildman–Crippen MR) is 138 cm³/mol. The Morgan fingerprint density at radius 1 is 1.03 bits per heavy atom. The van der Waals surface area contributed by atoms with Crippen LogP contribution in [0, 0.1) is 6.92 Å². The van der Waals surface area contributed by atoms with Gasteiger partial charge in [0, 0.05) is 4.47 Å². The van der Waals surface area contributed by atoms with Crippen LogP contribution in [-0.2, 0) is 16.0 Å². The predicted octanol–water partition coefficient (Wildman–Crippen LogP) is 4.68. The number of halogens is 1. The van der Waals surface area contributed by atoms with E-state index in [0.717, 1.165) is 31.9 Å². The number of thiocarbonyl (C=S) groups is 1. The van der Waals surface area contributed by atoms with E-state index in [4.69, 9.17) is 17.0 Å². The first-order valence-corrected chi connectivity index (χ1v) is 11.7. The molecule has 0 aromatic heterocycles. The first-order valence-electron chi connectivity index (χ1n) is 10.5. The van der Waals surface area contributed by atoms with E-state index in [9.17, 15) is 9.59 Å². The Balaban J connectivity index is 1.48. The van der Waals surface area contributed by atoms with E-state index in [2.05, 4.69) is 45.9 Å². The second-order valence-electron chi connectivity index (χ2n) is 7.95. The summed E-state index contributed by atoms with van der Waals surface area (Å²) in [5.41, 5.74) is 8.01. The smallest absolute Gasteiger partial charge is 0.264 e. The zero-order chi connectivity index (χ0) is 24.0. The minimum absolute atomic E-state index is 0.00839. The second kappa shape index (κ2) is 11.2. The number of nitrogens with one attached hydrogen (secondary N) is 3. The van der Waals surface area contributed by atoms with Gasteiger partial charge < -0.3 is 4.74 Å². The third kappa shape index (κ3) is 6.76. The molecule has 2 amide bonds. The fourth-order valence-electron chi connectivity index (χ4n) is 3.37. The Labute approximate surface area is 207 Å². The number of amides is 2. The molecule has 0 radical (unpaired) electrons. The van der Waals surface area contributed by atoms with Crippen molar-refractivity contribution in [2.24, 2.45) is 0 Å².